The number of rotatable bonds is 7. The van der Waals surface area contributed by atoms with E-state index in [1.54, 1.807) is 12.1 Å². The molecule has 0 spiro atoms. The van der Waals surface area contributed by atoms with Gasteiger partial charge in [0.2, 0.25) is 12.3 Å². The molecular formula is C12H15N3O4. The van der Waals surface area contributed by atoms with Crippen LogP contribution in [0.3, 0.4) is 0 Å². The average Bonchev–Trinajstić information content (AvgIpc) is 2.43. The summed E-state index contributed by atoms with van der Waals surface area (Å²) in [5.74, 6) is -1.54. The molecule has 1 aromatic heterocycles. The number of carbonyl (C=O) groups excluding carboxylic acids is 2. The molecule has 1 atom stereocenters. The maximum Gasteiger partial charge on any atom is 0.303 e. The van der Waals surface area contributed by atoms with Gasteiger partial charge in [0.15, 0.2) is 0 Å². The Hall–Kier alpha value is -2.44. The van der Waals surface area contributed by atoms with Gasteiger partial charge in [-0.3, -0.25) is 19.4 Å². The Morgan fingerprint density at radius 2 is 2.26 bits per heavy atom. The molecule has 1 aromatic rings. The monoisotopic (exact) mass is 265 g/mol. The number of carbonyl (C=O) groups is 3. The molecular weight excluding hydrogens is 250 g/mol. The van der Waals surface area contributed by atoms with Crippen molar-refractivity contribution >= 4 is 18.3 Å². The zero-order valence-electron chi connectivity index (χ0n) is 10.4. The van der Waals surface area contributed by atoms with E-state index < -0.39 is 17.4 Å². The van der Waals surface area contributed by atoms with Crippen molar-refractivity contribution in [3.8, 4) is 0 Å². The standard InChI is InChI=1S/C12H15N3O4/c1-13-11(19)12(15-8-16,5-4-10(17)18)9-3-2-6-14-7-9/h2-3,6-8H,4-5H2,1H3,(H,13,19)(H,15,16)(H,17,18). The van der Waals surface area contributed by atoms with Gasteiger partial charge in [-0.1, -0.05) is 6.07 Å². The fourth-order valence-electron chi connectivity index (χ4n) is 1.83. The summed E-state index contributed by atoms with van der Waals surface area (Å²) in [6, 6.07) is 3.22. The lowest BCUT2D eigenvalue weighted by molar-refractivity contribution is -0.138. The molecule has 102 valence electrons. The normalized spacial score (nSPS) is 13.1. The molecule has 7 heteroatoms. The van der Waals surface area contributed by atoms with Crippen molar-refractivity contribution in [3.63, 3.8) is 0 Å². The lowest BCUT2D eigenvalue weighted by Crippen LogP contribution is -2.53. The maximum absolute atomic E-state index is 12.1. The van der Waals surface area contributed by atoms with Crippen molar-refractivity contribution in [2.75, 3.05) is 7.05 Å². The second-order valence-electron chi connectivity index (χ2n) is 3.88. The Bertz CT molecular complexity index is 463. The van der Waals surface area contributed by atoms with Crippen molar-refractivity contribution in [3.05, 3.63) is 30.1 Å². The number of hydrogen-bond acceptors (Lipinski definition) is 4. The fourth-order valence-corrected chi connectivity index (χ4v) is 1.83. The highest BCUT2D eigenvalue weighted by molar-refractivity contribution is 5.89. The zero-order chi connectivity index (χ0) is 14.3. The van der Waals surface area contributed by atoms with E-state index in [0.29, 0.717) is 12.0 Å². The quantitative estimate of drug-likeness (QED) is 0.583. The second-order valence-corrected chi connectivity index (χ2v) is 3.88. The van der Waals surface area contributed by atoms with Gasteiger partial charge in [-0.05, 0) is 12.5 Å². The molecule has 0 aliphatic carbocycles. The van der Waals surface area contributed by atoms with Crippen LogP contribution in [0.15, 0.2) is 24.5 Å². The van der Waals surface area contributed by atoms with Crippen molar-refractivity contribution in [2.45, 2.75) is 18.4 Å². The Morgan fingerprint density at radius 1 is 1.53 bits per heavy atom. The van der Waals surface area contributed by atoms with Crippen LogP contribution in [0, 0.1) is 0 Å². The van der Waals surface area contributed by atoms with Gasteiger partial charge in [0.25, 0.3) is 0 Å². The van der Waals surface area contributed by atoms with Gasteiger partial charge < -0.3 is 15.7 Å². The molecule has 0 aromatic carbocycles. The number of nitrogens with one attached hydrogen (secondary N) is 2. The molecule has 0 fully saturated rings. The first-order valence-electron chi connectivity index (χ1n) is 5.62. The molecule has 0 aliphatic rings. The van der Waals surface area contributed by atoms with Gasteiger partial charge in [-0.25, -0.2) is 0 Å². The van der Waals surface area contributed by atoms with E-state index in [9.17, 15) is 14.4 Å². The van der Waals surface area contributed by atoms with Crippen LogP contribution in [0.25, 0.3) is 0 Å². The number of nitrogens with zero attached hydrogens (tertiary/aromatic N) is 1. The molecule has 0 aliphatic heterocycles. The molecule has 1 heterocycles. The van der Waals surface area contributed by atoms with E-state index in [0.717, 1.165) is 0 Å². The van der Waals surface area contributed by atoms with Crippen LogP contribution in [-0.4, -0.2) is 35.4 Å². The van der Waals surface area contributed by atoms with Crippen LogP contribution in [0.1, 0.15) is 18.4 Å². The molecule has 19 heavy (non-hydrogen) atoms. The van der Waals surface area contributed by atoms with Crippen molar-refractivity contribution in [1.29, 1.82) is 0 Å². The summed E-state index contributed by atoms with van der Waals surface area (Å²) < 4.78 is 0. The summed E-state index contributed by atoms with van der Waals surface area (Å²) in [5, 5.41) is 13.6. The lowest BCUT2D eigenvalue weighted by atomic mass is 9.85. The summed E-state index contributed by atoms with van der Waals surface area (Å²) in [4.78, 5) is 37.5. The Labute approximate surface area is 110 Å². The van der Waals surface area contributed by atoms with Crippen LogP contribution < -0.4 is 10.6 Å². The predicted molar refractivity (Wildman–Crippen MR) is 66.1 cm³/mol. The first kappa shape index (κ1) is 14.6. The molecule has 0 radical (unpaired) electrons. The second kappa shape index (κ2) is 6.48. The smallest absolute Gasteiger partial charge is 0.303 e. The SMILES string of the molecule is CNC(=O)C(CCC(=O)O)(NC=O)c1cccnc1. The highest BCUT2D eigenvalue weighted by atomic mass is 16.4. The lowest BCUT2D eigenvalue weighted by Gasteiger charge is -2.31. The summed E-state index contributed by atoms with van der Waals surface area (Å²) in [7, 11) is 1.42. The number of aromatic nitrogens is 1. The van der Waals surface area contributed by atoms with E-state index in [2.05, 4.69) is 15.6 Å². The average molecular weight is 265 g/mol. The fraction of sp³-hybridized carbons (Fsp3) is 0.333. The van der Waals surface area contributed by atoms with Gasteiger partial charge in [-0.15, -0.1) is 0 Å². The number of pyridine rings is 1. The number of likely N-dealkylation sites (N-methyl/N-ethyl adjacent to an activating group) is 1. The molecule has 1 rings (SSSR count). The van der Waals surface area contributed by atoms with E-state index in [-0.39, 0.29) is 12.8 Å². The molecule has 0 bridgehead atoms. The van der Waals surface area contributed by atoms with Crippen molar-refractivity contribution in [2.24, 2.45) is 0 Å². The van der Waals surface area contributed by atoms with Crippen LogP contribution in [0.4, 0.5) is 0 Å². The number of hydrogen-bond donors (Lipinski definition) is 3. The summed E-state index contributed by atoms with van der Waals surface area (Å²) >= 11 is 0. The molecule has 7 nitrogen and oxygen atoms in total. The van der Waals surface area contributed by atoms with Gasteiger partial charge in [0.05, 0.1) is 0 Å². The molecule has 0 saturated heterocycles. The van der Waals surface area contributed by atoms with Crippen molar-refractivity contribution in [1.82, 2.24) is 15.6 Å². The molecule has 2 amide bonds. The third-order valence-corrected chi connectivity index (χ3v) is 2.79. The number of aliphatic carboxylic acids is 1. The summed E-state index contributed by atoms with van der Waals surface area (Å²) in [6.45, 7) is 0. The molecule has 1 unspecified atom stereocenters. The van der Waals surface area contributed by atoms with Crippen LogP contribution in [-0.2, 0) is 19.9 Å². The summed E-state index contributed by atoms with van der Waals surface area (Å²) in [5.41, 5.74) is -0.994. The van der Waals surface area contributed by atoms with Gasteiger partial charge in [0, 0.05) is 31.4 Å². The topological polar surface area (TPSA) is 108 Å². The van der Waals surface area contributed by atoms with Gasteiger partial charge in [-0.2, -0.15) is 0 Å². The Morgan fingerprint density at radius 3 is 2.74 bits per heavy atom. The minimum Gasteiger partial charge on any atom is -0.481 e. The van der Waals surface area contributed by atoms with Gasteiger partial charge >= 0.3 is 5.97 Å². The Balaban J connectivity index is 3.22. The largest absolute Gasteiger partial charge is 0.481 e. The minimum absolute atomic E-state index is 0.0631. The first-order valence-corrected chi connectivity index (χ1v) is 5.62. The third-order valence-electron chi connectivity index (χ3n) is 2.79. The van der Waals surface area contributed by atoms with E-state index in [1.165, 1.54) is 19.4 Å². The van der Waals surface area contributed by atoms with Crippen molar-refractivity contribution < 1.29 is 19.5 Å². The number of carboxylic acid groups (broad SMARTS) is 1. The van der Waals surface area contributed by atoms with Crippen LogP contribution in [0.2, 0.25) is 0 Å². The Kier molecular flexibility index (Phi) is 4.99. The van der Waals surface area contributed by atoms with E-state index in [1.807, 2.05) is 0 Å². The van der Waals surface area contributed by atoms with E-state index >= 15 is 0 Å². The minimum atomic E-state index is -1.43. The maximum atomic E-state index is 12.1. The highest BCUT2D eigenvalue weighted by Gasteiger charge is 2.39. The summed E-state index contributed by atoms with van der Waals surface area (Å²) in [6.07, 6.45) is 3.00. The first-order chi connectivity index (χ1) is 9.06. The third kappa shape index (κ3) is 3.27. The van der Waals surface area contributed by atoms with Gasteiger partial charge in [0.1, 0.15) is 5.54 Å². The van der Waals surface area contributed by atoms with E-state index in [4.69, 9.17) is 5.11 Å². The molecule has 3 N–H and O–H groups in total. The number of amides is 2. The highest BCUT2D eigenvalue weighted by Crippen LogP contribution is 2.26. The molecule has 0 saturated carbocycles. The van der Waals surface area contributed by atoms with Crippen LogP contribution in [0.5, 0.6) is 0 Å². The zero-order valence-corrected chi connectivity index (χ0v) is 10.4. The predicted octanol–water partition coefficient (Wildman–Crippen LogP) is -0.366. The van der Waals surface area contributed by atoms with Crippen LogP contribution >= 0.6 is 0 Å². The number of carboxylic acids is 1.